The van der Waals surface area contributed by atoms with Crippen LogP contribution in [0.25, 0.3) is 0 Å². The van der Waals surface area contributed by atoms with Gasteiger partial charge in [-0.25, -0.2) is 0 Å². The number of rotatable bonds is 3. The van der Waals surface area contributed by atoms with Crippen molar-refractivity contribution in [3.63, 3.8) is 0 Å². The highest BCUT2D eigenvalue weighted by molar-refractivity contribution is 7.80. The molecule has 3 heteroatoms. The van der Waals surface area contributed by atoms with Gasteiger partial charge in [0.2, 0.25) is 5.91 Å². The largest absolute Gasteiger partial charge is 0.339 e. The van der Waals surface area contributed by atoms with Gasteiger partial charge in [0.15, 0.2) is 0 Å². The van der Waals surface area contributed by atoms with Crippen LogP contribution in [0, 0.1) is 5.92 Å². The highest BCUT2D eigenvalue weighted by Gasteiger charge is 2.30. The minimum absolute atomic E-state index is 0.130. The van der Waals surface area contributed by atoms with Crippen LogP contribution in [0.15, 0.2) is 0 Å². The fourth-order valence-corrected chi connectivity index (χ4v) is 2.34. The first-order chi connectivity index (χ1) is 6.52. The summed E-state index contributed by atoms with van der Waals surface area (Å²) in [6.45, 7) is 6.99. The number of carbonyl (C=O) groups excluding carboxylic acids is 1. The maximum atomic E-state index is 11.8. The van der Waals surface area contributed by atoms with Gasteiger partial charge < -0.3 is 4.90 Å². The molecule has 0 aromatic rings. The molecule has 0 aromatic carbocycles. The van der Waals surface area contributed by atoms with Crippen molar-refractivity contribution >= 4 is 18.5 Å². The van der Waals surface area contributed by atoms with Crippen LogP contribution in [0.1, 0.15) is 40.0 Å². The zero-order valence-electron chi connectivity index (χ0n) is 9.36. The van der Waals surface area contributed by atoms with Gasteiger partial charge in [-0.3, -0.25) is 4.79 Å². The van der Waals surface area contributed by atoms with Gasteiger partial charge in [-0.1, -0.05) is 20.8 Å². The van der Waals surface area contributed by atoms with E-state index in [1.54, 1.807) is 0 Å². The van der Waals surface area contributed by atoms with E-state index >= 15 is 0 Å². The van der Waals surface area contributed by atoms with Crippen LogP contribution >= 0.6 is 12.6 Å². The van der Waals surface area contributed by atoms with Gasteiger partial charge in [-0.05, 0) is 19.3 Å². The lowest BCUT2D eigenvalue weighted by Crippen LogP contribution is -2.39. The Balaban J connectivity index is 2.55. The van der Waals surface area contributed by atoms with Gasteiger partial charge in [-0.15, -0.1) is 0 Å². The molecule has 1 aliphatic heterocycles. The number of nitrogens with zero attached hydrogens (tertiary/aromatic N) is 1. The fourth-order valence-electron chi connectivity index (χ4n) is 2.10. The summed E-state index contributed by atoms with van der Waals surface area (Å²) in [5, 5.41) is 0.389. The van der Waals surface area contributed by atoms with Crippen molar-refractivity contribution < 1.29 is 4.79 Å². The molecule has 0 saturated carbocycles. The van der Waals surface area contributed by atoms with E-state index in [1.807, 2.05) is 13.8 Å². The molecule has 14 heavy (non-hydrogen) atoms. The Labute approximate surface area is 92.5 Å². The summed E-state index contributed by atoms with van der Waals surface area (Å²) >= 11 is 4.40. The van der Waals surface area contributed by atoms with Gasteiger partial charge in [0.05, 0.1) is 0 Å². The van der Waals surface area contributed by atoms with E-state index in [9.17, 15) is 4.79 Å². The van der Waals surface area contributed by atoms with Crippen LogP contribution in [-0.2, 0) is 4.79 Å². The second-order valence-corrected chi connectivity index (χ2v) is 5.45. The molecule has 1 fully saturated rings. The second-order valence-electron chi connectivity index (χ2n) is 4.57. The molecule has 0 aliphatic carbocycles. The number of amides is 1. The Morgan fingerprint density at radius 1 is 1.50 bits per heavy atom. The first-order valence-corrected chi connectivity index (χ1v) is 6.02. The number of hydrogen-bond donors (Lipinski definition) is 1. The summed E-state index contributed by atoms with van der Waals surface area (Å²) in [6, 6.07) is 0.442. The van der Waals surface area contributed by atoms with Crippen molar-refractivity contribution in [3.05, 3.63) is 0 Å². The number of likely N-dealkylation sites (tertiary alicyclic amines) is 1. The van der Waals surface area contributed by atoms with E-state index in [4.69, 9.17) is 0 Å². The van der Waals surface area contributed by atoms with Crippen molar-refractivity contribution in [2.24, 2.45) is 5.92 Å². The predicted octanol–water partition coefficient (Wildman–Crippen LogP) is 2.34. The van der Waals surface area contributed by atoms with Crippen LogP contribution in [0.3, 0.4) is 0 Å². The predicted molar refractivity (Wildman–Crippen MR) is 62.6 cm³/mol. The molecule has 0 aromatic heterocycles. The SMILES string of the molecule is CC(S)CC1CCCN1C(=O)C(C)C. The monoisotopic (exact) mass is 215 g/mol. The Morgan fingerprint density at radius 3 is 2.64 bits per heavy atom. The molecule has 1 aliphatic rings. The second kappa shape index (κ2) is 5.06. The Morgan fingerprint density at radius 2 is 2.14 bits per heavy atom. The molecule has 2 atom stereocenters. The van der Waals surface area contributed by atoms with Crippen LogP contribution in [-0.4, -0.2) is 28.6 Å². The highest BCUT2D eigenvalue weighted by atomic mass is 32.1. The molecule has 82 valence electrons. The quantitative estimate of drug-likeness (QED) is 0.717. The minimum Gasteiger partial charge on any atom is -0.339 e. The third-order valence-electron chi connectivity index (χ3n) is 2.77. The summed E-state index contributed by atoms with van der Waals surface area (Å²) in [7, 11) is 0. The van der Waals surface area contributed by atoms with Gasteiger partial charge >= 0.3 is 0 Å². The third-order valence-corrected chi connectivity index (χ3v) is 2.98. The molecule has 0 spiro atoms. The third kappa shape index (κ3) is 2.91. The average molecular weight is 215 g/mol. The summed E-state index contributed by atoms with van der Waals surface area (Å²) in [6.07, 6.45) is 3.34. The van der Waals surface area contributed by atoms with E-state index in [0.717, 1.165) is 25.8 Å². The van der Waals surface area contributed by atoms with Crippen molar-refractivity contribution in [1.29, 1.82) is 0 Å². The average Bonchev–Trinajstić information content (AvgIpc) is 2.49. The Kier molecular flexibility index (Phi) is 4.30. The number of hydrogen-bond acceptors (Lipinski definition) is 2. The van der Waals surface area contributed by atoms with E-state index < -0.39 is 0 Å². The Hall–Kier alpha value is -0.180. The molecule has 1 amide bonds. The molecule has 1 heterocycles. The highest BCUT2D eigenvalue weighted by Crippen LogP contribution is 2.24. The van der Waals surface area contributed by atoms with Crippen LogP contribution in [0.2, 0.25) is 0 Å². The Bertz CT molecular complexity index is 203. The van der Waals surface area contributed by atoms with Gasteiger partial charge in [-0.2, -0.15) is 12.6 Å². The molecule has 2 unspecified atom stereocenters. The van der Waals surface area contributed by atoms with Crippen molar-refractivity contribution in [3.8, 4) is 0 Å². The molecule has 0 N–H and O–H groups in total. The van der Waals surface area contributed by atoms with Gasteiger partial charge in [0, 0.05) is 23.8 Å². The van der Waals surface area contributed by atoms with E-state index in [-0.39, 0.29) is 5.92 Å². The van der Waals surface area contributed by atoms with Crippen LogP contribution in [0.5, 0.6) is 0 Å². The van der Waals surface area contributed by atoms with Crippen LogP contribution in [0.4, 0.5) is 0 Å². The first kappa shape index (κ1) is 11.9. The molecule has 2 nitrogen and oxygen atoms in total. The smallest absolute Gasteiger partial charge is 0.225 e. The first-order valence-electron chi connectivity index (χ1n) is 5.51. The molecule has 1 saturated heterocycles. The normalized spacial score (nSPS) is 24.4. The van der Waals surface area contributed by atoms with Crippen molar-refractivity contribution in [1.82, 2.24) is 4.90 Å². The van der Waals surface area contributed by atoms with Gasteiger partial charge in [0.25, 0.3) is 0 Å². The topological polar surface area (TPSA) is 20.3 Å². The van der Waals surface area contributed by atoms with E-state index in [1.165, 1.54) is 0 Å². The zero-order valence-corrected chi connectivity index (χ0v) is 10.3. The van der Waals surface area contributed by atoms with E-state index in [0.29, 0.717) is 17.2 Å². The fraction of sp³-hybridized carbons (Fsp3) is 0.909. The number of carbonyl (C=O) groups is 1. The summed E-state index contributed by atoms with van der Waals surface area (Å²) in [5.74, 6) is 0.437. The standard InChI is InChI=1S/C11H21NOS/c1-8(2)11(13)12-6-4-5-10(12)7-9(3)14/h8-10,14H,4-7H2,1-3H3. The van der Waals surface area contributed by atoms with Gasteiger partial charge in [0.1, 0.15) is 0 Å². The minimum atomic E-state index is 0.130. The van der Waals surface area contributed by atoms with Crippen LogP contribution < -0.4 is 0 Å². The summed E-state index contributed by atoms with van der Waals surface area (Å²) in [4.78, 5) is 13.9. The molecule has 1 rings (SSSR count). The summed E-state index contributed by atoms with van der Waals surface area (Å²) in [5.41, 5.74) is 0. The molecular formula is C11H21NOS. The lowest BCUT2D eigenvalue weighted by Gasteiger charge is -2.27. The van der Waals surface area contributed by atoms with Crippen molar-refractivity contribution in [2.75, 3.05) is 6.54 Å². The lowest BCUT2D eigenvalue weighted by molar-refractivity contribution is -0.135. The van der Waals surface area contributed by atoms with Crippen molar-refractivity contribution in [2.45, 2.75) is 51.3 Å². The molecule has 0 radical (unpaired) electrons. The van der Waals surface area contributed by atoms with E-state index in [2.05, 4.69) is 24.5 Å². The molecular weight excluding hydrogens is 194 g/mol. The maximum Gasteiger partial charge on any atom is 0.225 e. The number of thiol groups is 1. The summed E-state index contributed by atoms with van der Waals surface area (Å²) < 4.78 is 0. The zero-order chi connectivity index (χ0) is 10.7. The lowest BCUT2D eigenvalue weighted by atomic mass is 10.1. The molecule has 0 bridgehead atoms. The maximum absolute atomic E-state index is 11.8.